The third-order valence-electron chi connectivity index (χ3n) is 5.97. The predicted octanol–water partition coefficient (Wildman–Crippen LogP) is 2.88. The molecule has 1 aliphatic rings. The molecule has 0 atom stereocenters. The Labute approximate surface area is 188 Å². The molecule has 8 nitrogen and oxygen atoms in total. The van der Waals surface area contributed by atoms with Gasteiger partial charge in [-0.25, -0.2) is 5.48 Å². The summed E-state index contributed by atoms with van der Waals surface area (Å²) in [7, 11) is 3.04. The molecule has 0 unspecified atom stereocenters. The number of guanidine groups is 1. The number of ether oxygens (including phenoxy) is 1. The van der Waals surface area contributed by atoms with Crippen LogP contribution in [-0.4, -0.2) is 38.7 Å². The Morgan fingerprint density at radius 1 is 1.12 bits per heavy atom. The van der Waals surface area contributed by atoms with Crippen molar-refractivity contribution in [3.8, 4) is 11.9 Å². The highest BCUT2D eigenvalue weighted by Gasteiger charge is 2.37. The zero-order chi connectivity index (χ0) is 22.8. The number of nitrogens with one attached hydrogen (secondary N) is 3. The Morgan fingerprint density at radius 2 is 1.81 bits per heavy atom. The number of para-hydroxylation sites is 1. The fourth-order valence-electron chi connectivity index (χ4n) is 4.28. The van der Waals surface area contributed by atoms with Crippen molar-refractivity contribution in [1.82, 2.24) is 16.1 Å². The molecule has 1 amide bonds. The molecule has 32 heavy (non-hydrogen) atoms. The summed E-state index contributed by atoms with van der Waals surface area (Å²) in [4.78, 5) is 21.5. The Morgan fingerprint density at radius 3 is 2.47 bits per heavy atom. The number of hydroxylamine groups is 1. The monoisotopic (exact) mass is 435 g/mol. The van der Waals surface area contributed by atoms with Crippen LogP contribution in [0.25, 0.3) is 0 Å². The quantitative estimate of drug-likeness (QED) is 0.267. The van der Waals surface area contributed by atoms with Gasteiger partial charge >= 0.3 is 0 Å². The van der Waals surface area contributed by atoms with Crippen molar-refractivity contribution in [3.63, 3.8) is 0 Å². The molecule has 0 spiro atoms. The van der Waals surface area contributed by atoms with Crippen LogP contribution in [0, 0.1) is 11.5 Å². The number of aliphatic imine (C=N–C) groups is 1. The first-order chi connectivity index (χ1) is 15.6. The molecule has 0 saturated heterocycles. The van der Waals surface area contributed by atoms with E-state index in [1.807, 2.05) is 30.3 Å². The lowest BCUT2D eigenvalue weighted by Crippen LogP contribution is -2.49. The third-order valence-corrected chi connectivity index (χ3v) is 5.97. The van der Waals surface area contributed by atoms with Gasteiger partial charge < -0.3 is 15.4 Å². The molecule has 3 rings (SSSR count). The zero-order valence-corrected chi connectivity index (χ0v) is 18.4. The minimum atomic E-state index is -0.182. The zero-order valence-electron chi connectivity index (χ0n) is 18.4. The lowest BCUT2D eigenvalue weighted by Gasteiger charge is -2.41. The van der Waals surface area contributed by atoms with Crippen molar-refractivity contribution >= 4 is 11.9 Å². The summed E-state index contributed by atoms with van der Waals surface area (Å²) in [6.07, 6.45) is 5.22. The van der Waals surface area contributed by atoms with Crippen molar-refractivity contribution < 1.29 is 14.4 Å². The van der Waals surface area contributed by atoms with Gasteiger partial charge in [0.25, 0.3) is 5.91 Å². The maximum atomic E-state index is 12.9. The lowest BCUT2D eigenvalue weighted by molar-refractivity contribution is 0.0931. The number of carbonyl (C=O) groups excluding carboxylic acids is 1. The molecule has 0 radical (unpaired) electrons. The minimum absolute atomic E-state index is 0.145. The van der Waals surface area contributed by atoms with Gasteiger partial charge in [-0.3, -0.25) is 9.63 Å². The van der Waals surface area contributed by atoms with Crippen molar-refractivity contribution in [2.24, 2.45) is 4.99 Å². The van der Waals surface area contributed by atoms with Gasteiger partial charge in [0.05, 0.1) is 19.8 Å². The number of amides is 1. The second-order valence-corrected chi connectivity index (χ2v) is 7.81. The molecule has 0 aliphatic heterocycles. The number of carbonyl (C=O) groups is 1. The fraction of sp³-hybridized carbons (Fsp3) is 0.375. The van der Waals surface area contributed by atoms with Gasteiger partial charge in [0.15, 0.2) is 0 Å². The normalized spacial score (nSPS) is 20.7. The summed E-state index contributed by atoms with van der Waals surface area (Å²) in [6, 6.07) is 17.7. The maximum absolute atomic E-state index is 12.9. The number of hydrogen-bond acceptors (Lipinski definition) is 5. The summed E-state index contributed by atoms with van der Waals surface area (Å²) in [6.45, 7) is 0.524. The van der Waals surface area contributed by atoms with Crippen molar-refractivity contribution in [2.45, 2.75) is 37.1 Å². The topological polar surface area (TPSA) is 108 Å². The Hall–Kier alpha value is -3.57. The van der Waals surface area contributed by atoms with Crippen molar-refractivity contribution in [1.29, 1.82) is 5.26 Å². The van der Waals surface area contributed by atoms with Crippen molar-refractivity contribution in [2.75, 3.05) is 20.8 Å². The molecule has 1 saturated carbocycles. The summed E-state index contributed by atoms with van der Waals surface area (Å²) in [5, 5.41) is 15.2. The van der Waals surface area contributed by atoms with Crippen LogP contribution in [0.4, 0.5) is 0 Å². The van der Waals surface area contributed by atoms with E-state index in [0.717, 1.165) is 25.7 Å². The van der Waals surface area contributed by atoms with Crippen LogP contribution >= 0.6 is 0 Å². The van der Waals surface area contributed by atoms with E-state index in [1.165, 1.54) is 12.7 Å². The fourth-order valence-corrected chi connectivity index (χ4v) is 4.28. The largest absolute Gasteiger partial charge is 0.496 e. The molecule has 1 fully saturated rings. The highest BCUT2D eigenvalue weighted by molar-refractivity contribution is 5.97. The molecule has 1 aliphatic carbocycles. The average molecular weight is 436 g/mol. The first-order valence-corrected chi connectivity index (χ1v) is 10.6. The summed E-state index contributed by atoms with van der Waals surface area (Å²) in [5.41, 5.74) is 4.15. The summed E-state index contributed by atoms with van der Waals surface area (Å²) >= 11 is 0. The highest BCUT2D eigenvalue weighted by atomic mass is 16.6. The van der Waals surface area contributed by atoms with E-state index in [2.05, 4.69) is 33.2 Å². The summed E-state index contributed by atoms with van der Waals surface area (Å²) in [5.74, 6) is 0.712. The molecule has 2 aromatic carbocycles. The number of nitrogens with zero attached hydrogens (tertiary/aromatic N) is 2. The van der Waals surface area contributed by atoms with Gasteiger partial charge in [0.1, 0.15) is 5.75 Å². The minimum Gasteiger partial charge on any atom is -0.496 e. The molecular formula is C24H29N5O3. The van der Waals surface area contributed by atoms with Crippen LogP contribution in [0.2, 0.25) is 0 Å². The number of benzene rings is 2. The van der Waals surface area contributed by atoms with Gasteiger partial charge in [-0.15, -0.1) is 4.99 Å². The number of hydrogen-bond donors (Lipinski definition) is 3. The van der Waals surface area contributed by atoms with Crippen LogP contribution in [-0.2, 0) is 10.3 Å². The maximum Gasteiger partial charge on any atom is 0.255 e. The predicted molar refractivity (Wildman–Crippen MR) is 122 cm³/mol. The van der Waals surface area contributed by atoms with E-state index in [9.17, 15) is 4.79 Å². The smallest absolute Gasteiger partial charge is 0.255 e. The number of nitriles is 1. The van der Waals surface area contributed by atoms with Crippen LogP contribution in [0.15, 0.2) is 59.6 Å². The Bertz CT molecular complexity index is 963. The lowest BCUT2D eigenvalue weighted by atomic mass is 9.68. The molecule has 0 bridgehead atoms. The van der Waals surface area contributed by atoms with Gasteiger partial charge in [0, 0.05) is 18.0 Å². The van der Waals surface area contributed by atoms with Crippen LogP contribution in [0.1, 0.15) is 41.6 Å². The molecule has 8 heteroatoms. The molecule has 0 heterocycles. The van der Waals surface area contributed by atoms with E-state index < -0.39 is 0 Å². The molecule has 3 N–H and O–H groups in total. The van der Waals surface area contributed by atoms with E-state index in [-0.39, 0.29) is 17.4 Å². The van der Waals surface area contributed by atoms with Gasteiger partial charge in [-0.05, 0) is 43.4 Å². The summed E-state index contributed by atoms with van der Waals surface area (Å²) < 4.78 is 5.34. The van der Waals surface area contributed by atoms with E-state index >= 15 is 0 Å². The molecule has 2 aromatic rings. The third kappa shape index (κ3) is 5.56. The van der Waals surface area contributed by atoms with Gasteiger partial charge in [0.2, 0.25) is 12.2 Å². The number of methoxy groups -OCH3 is 1. The average Bonchev–Trinajstić information content (AvgIpc) is 2.84. The molecule has 0 aromatic heterocycles. The van der Waals surface area contributed by atoms with E-state index in [4.69, 9.17) is 14.8 Å². The van der Waals surface area contributed by atoms with Crippen LogP contribution < -0.4 is 20.9 Å². The molecular weight excluding hydrogens is 406 g/mol. The van der Waals surface area contributed by atoms with Gasteiger partial charge in [-0.2, -0.15) is 5.26 Å². The van der Waals surface area contributed by atoms with E-state index in [1.54, 1.807) is 25.4 Å². The molecule has 168 valence electrons. The van der Waals surface area contributed by atoms with Crippen LogP contribution in [0.3, 0.4) is 0 Å². The number of rotatable bonds is 7. The van der Waals surface area contributed by atoms with E-state index in [0.29, 0.717) is 23.8 Å². The standard InChI is InChI=1S/C24H29N5O3/c1-31-21-11-7-6-10-20(21)22(30)26-16-24(18-8-4-3-5-9-18)14-12-19(13-15-24)28-23(27-17-25)29-32-2/h3-11,19H,12-16H2,1-2H3,(H,26,30)(H2,27,28,29)/t19-,24-. The van der Waals surface area contributed by atoms with Crippen molar-refractivity contribution in [3.05, 3.63) is 65.7 Å². The first-order valence-electron chi connectivity index (χ1n) is 10.6. The second kappa shape index (κ2) is 11.2. The highest BCUT2D eigenvalue weighted by Crippen LogP contribution is 2.39. The SMILES string of the molecule is CON/C(=N/C#N)N[C@H]1CC[C@](CNC(=O)c2ccccc2OC)(c2ccccc2)CC1. The van der Waals surface area contributed by atoms with Crippen LogP contribution in [0.5, 0.6) is 5.75 Å². The Balaban J connectivity index is 1.73. The van der Waals surface area contributed by atoms with Gasteiger partial charge in [-0.1, -0.05) is 42.5 Å². The Kier molecular flexibility index (Phi) is 8.06. The second-order valence-electron chi connectivity index (χ2n) is 7.81. The first kappa shape index (κ1) is 23.1.